The molecule has 230 valence electrons. The summed E-state index contributed by atoms with van der Waals surface area (Å²) >= 11 is 0. The Morgan fingerprint density at radius 1 is 0.512 bits per heavy atom. The molecule has 0 unspecified atom stereocenters. The highest BCUT2D eigenvalue weighted by Gasteiger charge is 2.08. The Hall–Kier alpha value is -2.36. The molecular formula is C37H59NO3. The first-order chi connectivity index (χ1) is 20.0. The van der Waals surface area contributed by atoms with Gasteiger partial charge in [0.15, 0.2) is 0 Å². The van der Waals surface area contributed by atoms with Gasteiger partial charge in [-0.3, -0.25) is 0 Å². The van der Waals surface area contributed by atoms with Crippen molar-refractivity contribution < 1.29 is 10.2 Å². The SMILES string of the molecule is Cc1ccc(CCCCCCCCCCCC(CCCCCCCCCCCc2ccc(C)cc2O)N=O)c(O)c1. The zero-order valence-corrected chi connectivity index (χ0v) is 26.3. The van der Waals surface area contributed by atoms with Gasteiger partial charge in [-0.05, 0) is 86.8 Å². The van der Waals surface area contributed by atoms with Gasteiger partial charge in [0.1, 0.15) is 11.5 Å². The number of rotatable bonds is 25. The molecule has 0 aromatic heterocycles. The Morgan fingerprint density at radius 2 is 0.829 bits per heavy atom. The number of phenols is 2. The molecule has 4 heteroatoms. The van der Waals surface area contributed by atoms with Crippen LogP contribution < -0.4 is 0 Å². The maximum Gasteiger partial charge on any atom is 0.119 e. The number of nitroso groups, excluding NO2 is 1. The van der Waals surface area contributed by atoms with Crippen LogP contribution in [0.15, 0.2) is 41.6 Å². The molecule has 0 bridgehead atoms. The third kappa shape index (κ3) is 16.6. The van der Waals surface area contributed by atoms with Gasteiger partial charge in [0, 0.05) is 0 Å². The molecule has 0 radical (unpaired) electrons. The second-order valence-corrected chi connectivity index (χ2v) is 12.5. The molecule has 0 spiro atoms. The number of unbranched alkanes of at least 4 members (excludes halogenated alkanes) is 16. The summed E-state index contributed by atoms with van der Waals surface area (Å²) in [5.74, 6) is 0.895. The zero-order valence-electron chi connectivity index (χ0n) is 26.3. The highest BCUT2D eigenvalue weighted by molar-refractivity contribution is 5.36. The molecule has 2 N–H and O–H groups in total. The van der Waals surface area contributed by atoms with E-state index in [-0.39, 0.29) is 6.04 Å². The van der Waals surface area contributed by atoms with Crippen LogP contribution >= 0.6 is 0 Å². The Morgan fingerprint density at radius 3 is 1.15 bits per heavy atom. The van der Waals surface area contributed by atoms with Crippen LogP contribution in [0.25, 0.3) is 0 Å². The summed E-state index contributed by atoms with van der Waals surface area (Å²) < 4.78 is 0. The van der Waals surface area contributed by atoms with E-state index >= 15 is 0 Å². The standard InChI is InChI=1S/C37H59NO3/c1-31-25-27-33(36(39)29-31)21-17-13-9-5-3-7-11-15-19-23-35(38-41)24-20-16-12-8-4-6-10-14-18-22-34-28-26-32(2)30-37(34)40/h25-30,35,39-40H,3-24H2,1-2H3. The van der Waals surface area contributed by atoms with Gasteiger partial charge in [0.2, 0.25) is 0 Å². The Labute approximate surface area is 251 Å². The molecule has 4 nitrogen and oxygen atoms in total. The van der Waals surface area contributed by atoms with Gasteiger partial charge in [-0.2, -0.15) is 4.91 Å². The van der Waals surface area contributed by atoms with E-state index in [0.29, 0.717) is 11.5 Å². The normalized spacial score (nSPS) is 11.4. The fourth-order valence-corrected chi connectivity index (χ4v) is 5.89. The zero-order chi connectivity index (χ0) is 29.5. The Kier molecular flexibility index (Phi) is 18.9. The quantitative estimate of drug-likeness (QED) is 0.0929. The maximum atomic E-state index is 11.3. The summed E-state index contributed by atoms with van der Waals surface area (Å²) in [4.78, 5) is 11.3. The minimum atomic E-state index is 0.0240. The fraction of sp³-hybridized carbons (Fsp3) is 0.676. The molecule has 41 heavy (non-hydrogen) atoms. The van der Waals surface area contributed by atoms with E-state index in [2.05, 4.69) is 29.4 Å². The second kappa shape index (κ2) is 22.3. The highest BCUT2D eigenvalue weighted by atomic mass is 16.3. The van der Waals surface area contributed by atoms with Gasteiger partial charge >= 0.3 is 0 Å². The molecule has 0 aliphatic carbocycles. The van der Waals surface area contributed by atoms with Crippen molar-refractivity contribution in [2.45, 2.75) is 161 Å². The van der Waals surface area contributed by atoms with Crippen molar-refractivity contribution in [3.05, 3.63) is 63.6 Å². The van der Waals surface area contributed by atoms with E-state index < -0.39 is 0 Å². The lowest BCUT2D eigenvalue weighted by molar-refractivity contribution is 0.465. The molecular weight excluding hydrogens is 506 g/mol. The van der Waals surface area contributed by atoms with Crippen molar-refractivity contribution in [1.29, 1.82) is 0 Å². The number of nitrogens with zero attached hydrogens (tertiary/aromatic N) is 1. The molecule has 0 amide bonds. The van der Waals surface area contributed by atoms with Crippen LogP contribution in [0.3, 0.4) is 0 Å². The average Bonchev–Trinajstić information content (AvgIpc) is 2.95. The Balaban J connectivity index is 1.31. The molecule has 0 atom stereocenters. The third-order valence-corrected chi connectivity index (χ3v) is 8.60. The molecule has 0 aliphatic rings. The summed E-state index contributed by atoms with van der Waals surface area (Å²) in [6.45, 7) is 4.02. The number of benzene rings is 2. The van der Waals surface area contributed by atoms with E-state index in [0.717, 1.165) is 73.6 Å². The summed E-state index contributed by atoms with van der Waals surface area (Å²) in [7, 11) is 0. The van der Waals surface area contributed by atoms with Crippen molar-refractivity contribution in [2.24, 2.45) is 5.18 Å². The predicted octanol–water partition coefficient (Wildman–Crippen LogP) is 11.4. The number of aromatic hydroxyl groups is 2. The first kappa shape index (κ1) is 34.8. The van der Waals surface area contributed by atoms with Crippen molar-refractivity contribution in [3.63, 3.8) is 0 Å². The Bertz CT molecular complexity index is 884. The summed E-state index contributed by atoms with van der Waals surface area (Å²) in [5, 5.41) is 23.4. The van der Waals surface area contributed by atoms with E-state index in [1.807, 2.05) is 26.0 Å². The van der Waals surface area contributed by atoms with E-state index in [1.165, 1.54) is 89.9 Å². The van der Waals surface area contributed by atoms with E-state index in [4.69, 9.17) is 0 Å². The number of hydrogen-bond donors (Lipinski definition) is 2. The van der Waals surface area contributed by atoms with Gasteiger partial charge in [0.25, 0.3) is 0 Å². The molecule has 2 rings (SSSR count). The highest BCUT2D eigenvalue weighted by Crippen LogP contribution is 2.23. The minimum absolute atomic E-state index is 0.0240. The van der Waals surface area contributed by atoms with Crippen molar-refractivity contribution in [3.8, 4) is 11.5 Å². The summed E-state index contributed by atoms with van der Waals surface area (Å²) in [6.07, 6.45) is 26.3. The monoisotopic (exact) mass is 565 g/mol. The van der Waals surface area contributed by atoms with Crippen LogP contribution in [-0.2, 0) is 12.8 Å². The third-order valence-electron chi connectivity index (χ3n) is 8.60. The van der Waals surface area contributed by atoms with Crippen LogP contribution in [0.4, 0.5) is 0 Å². The fourth-order valence-electron chi connectivity index (χ4n) is 5.89. The maximum absolute atomic E-state index is 11.3. The molecule has 0 fully saturated rings. The van der Waals surface area contributed by atoms with Crippen molar-refractivity contribution in [2.75, 3.05) is 0 Å². The predicted molar refractivity (Wildman–Crippen MR) is 175 cm³/mol. The molecule has 0 saturated heterocycles. The number of phenolic OH excluding ortho intramolecular Hbond substituents is 2. The number of hydrogen-bond acceptors (Lipinski definition) is 4. The minimum Gasteiger partial charge on any atom is -0.508 e. The molecule has 2 aromatic rings. The summed E-state index contributed by atoms with van der Waals surface area (Å²) in [5.41, 5.74) is 4.38. The van der Waals surface area contributed by atoms with Crippen molar-refractivity contribution in [1.82, 2.24) is 0 Å². The smallest absolute Gasteiger partial charge is 0.119 e. The van der Waals surface area contributed by atoms with Crippen LogP contribution in [0.5, 0.6) is 11.5 Å². The van der Waals surface area contributed by atoms with Crippen LogP contribution in [-0.4, -0.2) is 16.3 Å². The van der Waals surface area contributed by atoms with Gasteiger partial charge in [-0.1, -0.05) is 132 Å². The topological polar surface area (TPSA) is 69.9 Å². The van der Waals surface area contributed by atoms with Crippen LogP contribution in [0, 0.1) is 18.8 Å². The van der Waals surface area contributed by atoms with Gasteiger partial charge in [-0.25, -0.2) is 0 Å². The first-order valence-electron chi connectivity index (χ1n) is 16.9. The van der Waals surface area contributed by atoms with E-state index in [9.17, 15) is 15.1 Å². The molecule has 0 aliphatic heterocycles. The second-order valence-electron chi connectivity index (χ2n) is 12.5. The first-order valence-corrected chi connectivity index (χ1v) is 16.9. The summed E-state index contributed by atoms with van der Waals surface area (Å²) in [6, 6.07) is 12.0. The lowest BCUT2D eigenvalue weighted by Gasteiger charge is -2.09. The largest absolute Gasteiger partial charge is 0.508 e. The van der Waals surface area contributed by atoms with Gasteiger partial charge in [0.05, 0.1) is 6.04 Å². The lowest BCUT2D eigenvalue weighted by atomic mass is 9.99. The molecule has 0 heterocycles. The van der Waals surface area contributed by atoms with Crippen LogP contribution in [0.2, 0.25) is 0 Å². The average molecular weight is 566 g/mol. The van der Waals surface area contributed by atoms with Crippen molar-refractivity contribution >= 4 is 0 Å². The molecule has 0 saturated carbocycles. The van der Waals surface area contributed by atoms with E-state index in [1.54, 1.807) is 0 Å². The number of aryl methyl sites for hydroxylation is 4. The van der Waals surface area contributed by atoms with Gasteiger partial charge in [-0.15, -0.1) is 0 Å². The molecule has 2 aromatic carbocycles. The van der Waals surface area contributed by atoms with Gasteiger partial charge < -0.3 is 10.2 Å². The van der Waals surface area contributed by atoms with Crippen LogP contribution in [0.1, 0.15) is 151 Å². The lowest BCUT2D eigenvalue weighted by Crippen LogP contribution is -2.03.